The van der Waals surface area contributed by atoms with Gasteiger partial charge in [-0.2, -0.15) is 0 Å². The van der Waals surface area contributed by atoms with Gasteiger partial charge in [0.25, 0.3) is 0 Å². The van der Waals surface area contributed by atoms with Crippen LogP contribution in [0, 0.1) is 0 Å². The maximum absolute atomic E-state index is 11.0. The third-order valence-corrected chi connectivity index (χ3v) is 1.58. The van der Waals surface area contributed by atoms with Crippen LogP contribution in [-0.4, -0.2) is 43.3 Å². The Kier molecular flexibility index (Phi) is 6.69. The first-order valence-corrected chi connectivity index (χ1v) is 4.34. The quantitative estimate of drug-likeness (QED) is 0.451. The maximum atomic E-state index is 11.0. The van der Waals surface area contributed by atoms with E-state index in [4.69, 9.17) is 10.8 Å². The molecule has 0 aromatic rings. The van der Waals surface area contributed by atoms with E-state index >= 15 is 0 Å². The van der Waals surface area contributed by atoms with Gasteiger partial charge in [0.1, 0.15) is 0 Å². The highest BCUT2D eigenvalue weighted by Gasteiger charge is 2.16. The van der Waals surface area contributed by atoms with Crippen molar-refractivity contribution in [1.29, 1.82) is 0 Å². The zero-order valence-corrected chi connectivity index (χ0v) is 8.16. The predicted octanol–water partition coefficient (Wildman–Crippen LogP) is -1.62. The summed E-state index contributed by atoms with van der Waals surface area (Å²) in [5, 5.41) is 11.6. The van der Waals surface area contributed by atoms with E-state index in [9.17, 15) is 9.59 Å². The average Bonchev–Trinajstić information content (AvgIpc) is 2.21. The minimum atomic E-state index is -1.23. The highest BCUT2D eigenvalue weighted by molar-refractivity contribution is 5.78. The lowest BCUT2D eigenvalue weighted by Crippen LogP contribution is -2.30. The average molecular weight is 204 g/mol. The normalized spacial score (nSPS) is 11.9. The van der Waals surface area contributed by atoms with Gasteiger partial charge in [-0.15, -0.1) is 0 Å². The molecule has 1 amide bonds. The summed E-state index contributed by atoms with van der Waals surface area (Å²) in [6.45, 7) is 0.762. The van der Waals surface area contributed by atoms with Crippen molar-refractivity contribution >= 4 is 11.9 Å². The number of carbonyl (C=O) groups excluding carboxylic acids is 2. The Balaban J connectivity index is 3.60. The number of nitrogens with two attached hydrogens (primary N) is 1. The SMILES string of the molecule is COC(=O)[C@@H](O)CCC(=O)NCCN. The number of aliphatic hydroxyl groups is 1. The van der Waals surface area contributed by atoms with Crippen LogP contribution in [0.3, 0.4) is 0 Å². The lowest BCUT2D eigenvalue weighted by Gasteiger charge is -2.07. The first-order valence-electron chi connectivity index (χ1n) is 4.34. The van der Waals surface area contributed by atoms with Gasteiger partial charge in [0, 0.05) is 19.5 Å². The summed E-state index contributed by atoms with van der Waals surface area (Å²) < 4.78 is 4.28. The number of carbonyl (C=O) groups is 2. The molecule has 14 heavy (non-hydrogen) atoms. The number of esters is 1. The Hall–Kier alpha value is -1.14. The first-order chi connectivity index (χ1) is 6.61. The lowest BCUT2D eigenvalue weighted by molar-refractivity contribution is -0.150. The Morgan fingerprint density at radius 2 is 2.21 bits per heavy atom. The molecule has 82 valence electrons. The summed E-state index contributed by atoms with van der Waals surface area (Å²) >= 11 is 0. The summed E-state index contributed by atoms with van der Waals surface area (Å²) in [5.74, 6) is -0.963. The van der Waals surface area contributed by atoms with Crippen LogP contribution in [0.25, 0.3) is 0 Å². The van der Waals surface area contributed by atoms with Gasteiger partial charge in [-0.25, -0.2) is 4.79 Å². The number of amides is 1. The molecule has 0 saturated heterocycles. The summed E-state index contributed by atoms with van der Waals surface area (Å²) in [4.78, 5) is 21.7. The molecule has 0 heterocycles. The fraction of sp³-hybridized carbons (Fsp3) is 0.750. The van der Waals surface area contributed by atoms with E-state index in [1.54, 1.807) is 0 Å². The third kappa shape index (κ3) is 5.50. The van der Waals surface area contributed by atoms with E-state index in [1.807, 2.05) is 0 Å². The van der Waals surface area contributed by atoms with Gasteiger partial charge in [-0.3, -0.25) is 4.79 Å². The highest BCUT2D eigenvalue weighted by atomic mass is 16.5. The molecule has 6 heteroatoms. The van der Waals surface area contributed by atoms with E-state index in [0.717, 1.165) is 0 Å². The molecule has 0 unspecified atom stereocenters. The molecule has 0 saturated carbocycles. The third-order valence-electron chi connectivity index (χ3n) is 1.58. The van der Waals surface area contributed by atoms with Gasteiger partial charge in [0.05, 0.1) is 7.11 Å². The van der Waals surface area contributed by atoms with Crippen LogP contribution < -0.4 is 11.1 Å². The molecule has 0 aliphatic carbocycles. The summed E-state index contributed by atoms with van der Waals surface area (Å²) in [6.07, 6.45) is -1.09. The van der Waals surface area contributed by atoms with Crippen molar-refractivity contribution < 1.29 is 19.4 Å². The number of methoxy groups -OCH3 is 1. The summed E-state index contributed by atoms with van der Waals surface area (Å²) in [5.41, 5.74) is 5.16. The molecule has 4 N–H and O–H groups in total. The van der Waals surface area contributed by atoms with Gasteiger partial charge in [-0.1, -0.05) is 0 Å². The Morgan fingerprint density at radius 3 is 2.71 bits per heavy atom. The van der Waals surface area contributed by atoms with Crippen molar-refractivity contribution in [1.82, 2.24) is 5.32 Å². The fourth-order valence-corrected chi connectivity index (χ4v) is 0.822. The lowest BCUT2D eigenvalue weighted by atomic mass is 10.2. The number of aliphatic hydroxyl groups excluding tert-OH is 1. The van der Waals surface area contributed by atoms with Crippen molar-refractivity contribution in [2.24, 2.45) is 5.73 Å². The van der Waals surface area contributed by atoms with Crippen molar-refractivity contribution in [3.8, 4) is 0 Å². The standard InChI is InChI=1S/C8H16N2O4/c1-14-8(13)6(11)2-3-7(12)10-5-4-9/h6,11H,2-5,9H2,1H3,(H,10,12)/t6-/m0/s1. The Labute approximate surface area is 82.4 Å². The van der Waals surface area contributed by atoms with Crippen LogP contribution >= 0.6 is 0 Å². The molecular formula is C8H16N2O4. The molecule has 0 rings (SSSR count). The van der Waals surface area contributed by atoms with Crippen LogP contribution in [0.4, 0.5) is 0 Å². The van der Waals surface area contributed by atoms with E-state index in [0.29, 0.717) is 13.1 Å². The van der Waals surface area contributed by atoms with Crippen LogP contribution in [0.1, 0.15) is 12.8 Å². The van der Waals surface area contributed by atoms with Crippen molar-refractivity contribution in [3.05, 3.63) is 0 Å². The van der Waals surface area contributed by atoms with E-state index in [1.165, 1.54) is 7.11 Å². The van der Waals surface area contributed by atoms with Gasteiger partial charge in [-0.05, 0) is 6.42 Å². The number of ether oxygens (including phenoxy) is 1. The number of nitrogens with one attached hydrogen (secondary N) is 1. The van der Waals surface area contributed by atoms with Crippen molar-refractivity contribution in [2.45, 2.75) is 18.9 Å². The molecule has 0 aromatic heterocycles. The maximum Gasteiger partial charge on any atom is 0.334 e. The number of rotatable bonds is 6. The molecule has 1 atom stereocenters. The fourth-order valence-electron chi connectivity index (χ4n) is 0.822. The second kappa shape index (κ2) is 7.28. The number of hydrogen-bond donors (Lipinski definition) is 3. The molecular weight excluding hydrogens is 188 g/mol. The van der Waals surface area contributed by atoms with Crippen LogP contribution in [0.5, 0.6) is 0 Å². The van der Waals surface area contributed by atoms with Gasteiger partial charge < -0.3 is 20.9 Å². The molecule has 6 nitrogen and oxygen atoms in total. The first kappa shape index (κ1) is 12.9. The Bertz CT molecular complexity index is 196. The summed E-state index contributed by atoms with van der Waals surface area (Å²) in [7, 11) is 1.18. The molecule has 0 radical (unpaired) electrons. The summed E-state index contributed by atoms with van der Waals surface area (Å²) in [6, 6.07) is 0. The topological polar surface area (TPSA) is 102 Å². The van der Waals surface area contributed by atoms with Crippen LogP contribution in [0.2, 0.25) is 0 Å². The smallest absolute Gasteiger partial charge is 0.334 e. The molecule has 0 spiro atoms. The second-order valence-electron chi connectivity index (χ2n) is 2.72. The van der Waals surface area contributed by atoms with Crippen molar-refractivity contribution in [3.63, 3.8) is 0 Å². The number of hydrogen-bond acceptors (Lipinski definition) is 5. The zero-order valence-electron chi connectivity index (χ0n) is 8.16. The van der Waals surface area contributed by atoms with Crippen LogP contribution in [0.15, 0.2) is 0 Å². The molecule has 0 fully saturated rings. The van der Waals surface area contributed by atoms with E-state index in [2.05, 4.69) is 10.1 Å². The van der Waals surface area contributed by atoms with Crippen molar-refractivity contribution in [2.75, 3.05) is 20.2 Å². The monoisotopic (exact) mass is 204 g/mol. The Morgan fingerprint density at radius 1 is 1.57 bits per heavy atom. The molecule has 0 aliphatic rings. The van der Waals surface area contributed by atoms with E-state index < -0.39 is 12.1 Å². The van der Waals surface area contributed by atoms with Gasteiger partial charge >= 0.3 is 5.97 Å². The molecule has 0 bridgehead atoms. The van der Waals surface area contributed by atoms with Crippen LogP contribution in [-0.2, 0) is 14.3 Å². The molecule has 0 aliphatic heterocycles. The molecule has 0 aromatic carbocycles. The van der Waals surface area contributed by atoms with E-state index in [-0.39, 0.29) is 18.7 Å². The highest BCUT2D eigenvalue weighted by Crippen LogP contribution is 1.98. The minimum absolute atomic E-state index is 0.0586. The van der Waals surface area contributed by atoms with Gasteiger partial charge in [0.15, 0.2) is 6.10 Å². The zero-order chi connectivity index (χ0) is 11.0. The predicted molar refractivity (Wildman–Crippen MR) is 49.3 cm³/mol. The second-order valence-corrected chi connectivity index (χ2v) is 2.72. The van der Waals surface area contributed by atoms with Gasteiger partial charge in [0.2, 0.25) is 5.91 Å². The largest absolute Gasteiger partial charge is 0.467 e. The minimum Gasteiger partial charge on any atom is -0.467 e.